The molecule has 3 N–H and O–H groups in total. The Morgan fingerprint density at radius 2 is 1.80 bits per heavy atom. The van der Waals surface area contributed by atoms with Crippen LogP contribution in [0.15, 0.2) is 0 Å². The van der Waals surface area contributed by atoms with Crippen LogP contribution in [0.5, 0.6) is 0 Å². The zero-order chi connectivity index (χ0) is 15.0. The number of hydrogen-bond donors (Lipinski definition) is 3. The van der Waals surface area contributed by atoms with E-state index in [1.807, 2.05) is 7.05 Å². The van der Waals surface area contributed by atoms with Crippen LogP contribution in [0.1, 0.15) is 52.4 Å². The fourth-order valence-corrected chi connectivity index (χ4v) is 2.87. The van der Waals surface area contributed by atoms with Crippen molar-refractivity contribution in [2.24, 2.45) is 5.41 Å². The molecule has 1 heterocycles. The quantitative estimate of drug-likeness (QED) is 0.446. The molecule has 0 aromatic rings. The van der Waals surface area contributed by atoms with Gasteiger partial charge in [0.1, 0.15) is 0 Å². The van der Waals surface area contributed by atoms with E-state index in [4.69, 9.17) is 10.0 Å². The molecule has 118 valence electrons. The van der Waals surface area contributed by atoms with Gasteiger partial charge in [-0.05, 0) is 64.1 Å². The molecule has 0 amide bonds. The molecule has 0 aromatic heterocycles. The molecule has 1 atom stereocenters. The van der Waals surface area contributed by atoms with E-state index in [0.717, 1.165) is 19.3 Å². The van der Waals surface area contributed by atoms with Gasteiger partial charge in [-0.25, -0.2) is 0 Å². The highest BCUT2D eigenvalue weighted by molar-refractivity contribution is 6.40. The Balaban J connectivity index is 2.12. The van der Waals surface area contributed by atoms with E-state index in [1.165, 1.54) is 38.9 Å². The lowest BCUT2D eigenvalue weighted by Gasteiger charge is -2.37. The predicted octanol–water partition coefficient (Wildman–Crippen LogP) is 1.73. The second-order valence-corrected chi connectivity index (χ2v) is 7.05. The topological polar surface area (TPSA) is 55.7 Å². The monoisotopic (exact) mass is 284 g/mol. The van der Waals surface area contributed by atoms with Crippen molar-refractivity contribution in [3.63, 3.8) is 0 Å². The first-order valence-electron chi connectivity index (χ1n) is 8.19. The van der Waals surface area contributed by atoms with Gasteiger partial charge in [-0.3, -0.25) is 0 Å². The van der Waals surface area contributed by atoms with Crippen LogP contribution in [0.25, 0.3) is 0 Å². The maximum Gasteiger partial charge on any atom is 0.451 e. The third-order valence-corrected chi connectivity index (χ3v) is 4.68. The van der Waals surface area contributed by atoms with Crippen LogP contribution in [-0.4, -0.2) is 54.8 Å². The minimum atomic E-state index is -1.14. The summed E-state index contributed by atoms with van der Waals surface area (Å²) in [4.78, 5) is 2.59. The van der Waals surface area contributed by atoms with Crippen LogP contribution < -0.4 is 5.32 Å². The van der Waals surface area contributed by atoms with Crippen molar-refractivity contribution in [1.29, 1.82) is 0 Å². The molecule has 5 heteroatoms. The summed E-state index contributed by atoms with van der Waals surface area (Å²) in [5, 5.41) is 21.0. The third-order valence-electron chi connectivity index (χ3n) is 4.68. The second-order valence-electron chi connectivity index (χ2n) is 7.05. The Morgan fingerprint density at radius 1 is 1.15 bits per heavy atom. The van der Waals surface area contributed by atoms with Crippen molar-refractivity contribution in [1.82, 2.24) is 10.2 Å². The molecule has 20 heavy (non-hydrogen) atoms. The summed E-state index contributed by atoms with van der Waals surface area (Å²) in [7, 11) is 0.893. The summed E-state index contributed by atoms with van der Waals surface area (Å²) in [6, 6.07) is 0.556. The van der Waals surface area contributed by atoms with Crippen molar-refractivity contribution >= 4 is 7.12 Å². The minimum absolute atomic E-state index is 0.498. The fourth-order valence-electron chi connectivity index (χ4n) is 2.87. The van der Waals surface area contributed by atoms with Crippen LogP contribution >= 0.6 is 0 Å². The van der Waals surface area contributed by atoms with Gasteiger partial charge in [0.15, 0.2) is 0 Å². The SMILES string of the molecule is CNC(CCCCB(O)O)CCN1CCC(C)(C)CC1. The number of nitrogens with one attached hydrogen (secondary N) is 1. The minimum Gasteiger partial charge on any atom is -0.427 e. The summed E-state index contributed by atoms with van der Waals surface area (Å²) < 4.78 is 0. The lowest BCUT2D eigenvalue weighted by Crippen LogP contribution is -2.40. The number of nitrogens with zero attached hydrogens (tertiary/aromatic N) is 1. The largest absolute Gasteiger partial charge is 0.451 e. The molecule has 1 aliphatic rings. The van der Waals surface area contributed by atoms with Gasteiger partial charge in [0, 0.05) is 6.04 Å². The predicted molar refractivity (Wildman–Crippen MR) is 85.8 cm³/mol. The molecule has 4 nitrogen and oxygen atoms in total. The average Bonchev–Trinajstić information content (AvgIpc) is 2.39. The Labute approximate surface area is 125 Å². The zero-order valence-corrected chi connectivity index (χ0v) is 13.6. The summed E-state index contributed by atoms with van der Waals surface area (Å²) >= 11 is 0. The Bertz CT molecular complexity index is 252. The lowest BCUT2D eigenvalue weighted by atomic mass is 9.82. The standard InChI is InChI=1S/C15H33BN2O2/c1-15(2)8-12-18(13-9-15)11-7-14(17-3)6-4-5-10-16(19)20/h14,17,19-20H,4-13H2,1-3H3. The zero-order valence-electron chi connectivity index (χ0n) is 13.6. The average molecular weight is 284 g/mol. The van der Waals surface area contributed by atoms with Crippen LogP contribution in [-0.2, 0) is 0 Å². The Kier molecular flexibility index (Phi) is 8.11. The fraction of sp³-hybridized carbons (Fsp3) is 1.00. The molecule has 0 saturated carbocycles. The summed E-state index contributed by atoms with van der Waals surface area (Å²) in [6.07, 6.45) is 7.40. The van der Waals surface area contributed by atoms with Crippen molar-refractivity contribution < 1.29 is 10.0 Å². The Morgan fingerprint density at radius 3 is 2.35 bits per heavy atom. The van der Waals surface area contributed by atoms with Gasteiger partial charge in [0.2, 0.25) is 0 Å². The van der Waals surface area contributed by atoms with Gasteiger partial charge in [-0.15, -0.1) is 0 Å². The maximum atomic E-state index is 8.82. The highest BCUT2D eigenvalue weighted by atomic mass is 16.4. The molecule has 1 unspecified atom stereocenters. The molecule has 1 rings (SSSR count). The highest BCUT2D eigenvalue weighted by Gasteiger charge is 2.25. The number of unbranched alkanes of at least 4 members (excludes halogenated alkanes) is 1. The first-order valence-corrected chi connectivity index (χ1v) is 8.19. The molecule has 0 radical (unpaired) electrons. The second kappa shape index (κ2) is 9.03. The molecular weight excluding hydrogens is 251 g/mol. The van der Waals surface area contributed by atoms with Gasteiger partial charge in [0.25, 0.3) is 0 Å². The first kappa shape index (κ1) is 18.0. The van der Waals surface area contributed by atoms with Crippen molar-refractivity contribution in [3.8, 4) is 0 Å². The van der Waals surface area contributed by atoms with Crippen LogP contribution in [0.4, 0.5) is 0 Å². The van der Waals surface area contributed by atoms with Gasteiger partial charge in [-0.1, -0.05) is 26.7 Å². The maximum absolute atomic E-state index is 8.82. The number of piperidine rings is 1. The summed E-state index contributed by atoms with van der Waals surface area (Å²) in [5.41, 5.74) is 0.532. The van der Waals surface area contributed by atoms with E-state index in [2.05, 4.69) is 24.1 Å². The van der Waals surface area contributed by atoms with Gasteiger partial charge in [-0.2, -0.15) is 0 Å². The molecule has 0 aliphatic carbocycles. The third kappa shape index (κ3) is 7.62. The lowest BCUT2D eigenvalue weighted by molar-refractivity contribution is 0.128. The van der Waals surface area contributed by atoms with E-state index in [9.17, 15) is 0 Å². The smallest absolute Gasteiger partial charge is 0.427 e. The number of likely N-dealkylation sites (tertiary alicyclic amines) is 1. The first-order chi connectivity index (χ1) is 9.43. The number of hydrogen-bond acceptors (Lipinski definition) is 4. The molecular formula is C15H33BN2O2. The van der Waals surface area contributed by atoms with Crippen molar-refractivity contribution in [2.45, 2.75) is 64.7 Å². The molecule has 0 bridgehead atoms. The molecule has 0 aromatic carbocycles. The van der Waals surface area contributed by atoms with Crippen molar-refractivity contribution in [3.05, 3.63) is 0 Å². The molecule has 1 saturated heterocycles. The normalized spacial score (nSPS) is 20.9. The van der Waals surface area contributed by atoms with Crippen molar-refractivity contribution in [2.75, 3.05) is 26.7 Å². The van der Waals surface area contributed by atoms with E-state index in [0.29, 0.717) is 17.8 Å². The van der Waals surface area contributed by atoms with Crippen LogP contribution in [0.2, 0.25) is 6.32 Å². The van der Waals surface area contributed by atoms with E-state index in [1.54, 1.807) is 0 Å². The van der Waals surface area contributed by atoms with Gasteiger partial charge >= 0.3 is 7.12 Å². The van der Waals surface area contributed by atoms with Crippen LogP contribution in [0, 0.1) is 5.41 Å². The number of rotatable bonds is 9. The molecule has 0 spiro atoms. The summed E-state index contributed by atoms with van der Waals surface area (Å²) in [6.45, 7) is 8.40. The van der Waals surface area contributed by atoms with E-state index < -0.39 is 7.12 Å². The van der Waals surface area contributed by atoms with E-state index >= 15 is 0 Å². The van der Waals surface area contributed by atoms with Crippen LogP contribution in [0.3, 0.4) is 0 Å². The highest BCUT2D eigenvalue weighted by Crippen LogP contribution is 2.29. The Hall–Kier alpha value is -0.0951. The molecule has 1 aliphatic heterocycles. The van der Waals surface area contributed by atoms with Gasteiger partial charge < -0.3 is 20.3 Å². The summed E-state index contributed by atoms with van der Waals surface area (Å²) in [5.74, 6) is 0. The van der Waals surface area contributed by atoms with Gasteiger partial charge in [0.05, 0.1) is 0 Å². The van der Waals surface area contributed by atoms with E-state index in [-0.39, 0.29) is 0 Å². The molecule has 1 fully saturated rings.